The Hall–Kier alpha value is -0.870. The predicted molar refractivity (Wildman–Crippen MR) is 72.4 cm³/mol. The molecule has 1 aromatic carbocycles. The molecular formula is C13H14ClNOS. The van der Waals surface area contributed by atoms with Crippen molar-refractivity contribution >= 4 is 22.9 Å². The van der Waals surface area contributed by atoms with Gasteiger partial charge in [0.25, 0.3) is 0 Å². The standard InChI is InChI=1S/C13H14ClNOS/c14-11-5-3-10(4-6-11)8-15-9-12(16)13-2-1-7-17-13/h1-7,12,15-16H,8-9H2. The first-order valence-corrected chi connectivity index (χ1v) is 6.68. The van der Waals surface area contributed by atoms with E-state index in [0.29, 0.717) is 6.54 Å². The number of hydrogen-bond donors (Lipinski definition) is 2. The smallest absolute Gasteiger partial charge is 0.101 e. The molecule has 1 aromatic heterocycles. The molecule has 0 radical (unpaired) electrons. The molecule has 2 rings (SSSR count). The van der Waals surface area contributed by atoms with Crippen LogP contribution < -0.4 is 5.32 Å². The third-order valence-electron chi connectivity index (χ3n) is 2.45. The maximum atomic E-state index is 9.86. The van der Waals surface area contributed by atoms with Gasteiger partial charge in [0, 0.05) is 23.0 Å². The van der Waals surface area contributed by atoms with Crippen LogP contribution in [0.4, 0.5) is 0 Å². The highest BCUT2D eigenvalue weighted by Crippen LogP contribution is 2.17. The van der Waals surface area contributed by atoms with E-state index in [1.807, 2.05) is 41.8 Å². The number of benzene rings is 1. The SMILES string of the molecule is OC(CNCc1ccc(Cl)cc1)c1cccs1. The zero-order valence-corrected chi connectivity index (χ0v) is 10.8. The number of thiophene rings is 1. The molecule has 0 spiro atoms. The fraction of sp³-hybridized carbons (Fsp3) is 0.231. The lowest BCUT2D eigenvalue weighted by Gasteiger charge is -2.10. The minimum absolute atomic E-state index is 0.428. The van der Waals surface area contributed by atoms with Gasteiger partial charge in [-0.3, -0.25) is 0 Å². The Kier molecular flexibility index (Phi) is 4.57. The Morgan fingerprint density at radius 3 is 2.65 bits per heavy atom. The molecule has 17 heavy (non-hydrogen) atoms. The van der Waals surface area contributed by atoms with Crippen molar-refractivity contribution in [3.8, 4) is 0 Å². The second-order valence-electron chi connectivity index (χ2n) is 3.79. The normalized spacial score (nSPS) is 12.6. The highest BCUT2D eigenvalue weighted by atomic mass is 35.5. The van der Waals surface area contributed by atoms with E-state index < -0.39 is 6.10 Å². The van der Waals surface area contributed by atoms with E-state index >= 15 is 0 Å². The van der Waals surface area contributed by atoms with Gasteiger partial charge in [0.2, 0.25) is 0 Å². The first-order chi connectivity index (χ1) is 8.25. The van der Waals surface area contributed by atoms with Crippen molar-refractivity contribution in [2.75, 3.05) is 6.54 Å². The summed E-state index contributed by atoms with van der Waals surface area (Å²) in [4.78, 5) is 0.994. The summed E-state index contributed by atoms with van der Waals surface area (Å²) in [6, 6.07) is 11.6. The van der Waals surface area contributed by atoms with Crippen LogP contribution in [0.1, 0.15) is 16.5 Å². The topological polar surface area (TPSA) is 32.3 Å². The van der Waals surface area contributed by atoms with Gasteiger partial charge >= 0.3 is 0 Å². The van der Waals surface area contributed by atoms with Crippen molar-refractivity contribution in [3.63, 3.8) is 0 Å². The lowest BCUT2D eigenvalue weighted by atomic mass is 10.2. The zero-order chi connectivity index (χ0) is 12.1. The van der Waals surface area contributed by atoms with E-state index in [0.717, 1.165) is 22.0 Å². The molecule has 0 amide bonds. The molecule has 0 bridgehead atoms. The second kappa shape index (κ2) is 6.17. The summed E-state index contributed by atoms with van der Waals surface area (Å²) in [6.45, 7) is 1.29. The number of nitrogens with one attached hydrogen (secondary N) is 1. The van der Waals surface area contributed by atoms with Gasteiger partial charge in [-0.05, 0) is 29.1 Å². The highest BCUT2D eigenvalue weighted by Gasteiger charge is 2.07. The third kappa shape index (κ3) is 3.82. The van der Waals surface area contributed by atoms with Crippen LogP contribution in [0.3, 0.4) is 0 Å². The average molecular weight is 268 g/mol. The van der Waals surface area contributed by atoms with Crippen molar-refractivity contribution in [2.24, 2.45) is 0 Å². The number of hydrogen-bond acceptors (Lipinski definition) is 3. The number of halogens is 1. The minimum atomic E-state index is -0.428. The molecule has 1 unspecified atom stereocenters. The van der Waals surface area contributed by atoms with Crippen LogP contribution in [-0.4, -0.2) is 11.7 Å². The van der Waals surface area contributed by atoms with Gasteiger partial charge in [0.15, 0.2) is 0 Å². The average Bonchev–Trinajstić information content (AvgIpc) is 2.85. The van der Waals surface area contributed by atoms with Gasteiger partial charge in [-0.1, -0.05) is 29.8 Å². The van der Waals surface area contributed by atoms with Crippen molar-refractivity contribution in [3.05, 3.63) is 57.2 Å². The van der Waals surface area contributed by atoms with Gasteiger partial charge in [-0.2, -0.15) is 0 Å². The van der Waals surface area contributed by atoms with Crippen LogP contribution in [-0.2, 0) is 6.54 Å². The molecule has 0 fully saturated rings. The summed E-state index contributed by atoms with van der Waals surface area (Å²) in [5.74, 6) is 0. The zero-order valence-electron chi connectivity index (χ0n) is 9.27. The number of rotatable bonds is 5. The Bertz CT molecular complexity index is 441. The molecule has 0 aliphatic carbocycles. The molecule has 0 aliphatic heterocycles. The Morgan fingerprint density at radius 2 is 2.00 bits per heavy atom. The fourth-order valence-corrected chi connectivity index (χ4v) is 2.37. The Morgan fingerprint density at radius 1 is 1.24 bits per heavy atom. The van der Waals surface area contributed by atoms with Crippen LogP contribution >= 0.6 is 22.9 Å². The highest BCUT2D eigenvalue weighted by molar-refractivity contribution is 7.10. The predicted octanol–water partition coefficient (Wildman–Crippen LogP) is 3.22. The van der Waals surface area contributed by atoms with E-state index in [-0.39, 0.29) is 0 Å². The molecular weight excluding hydrogens is 254 g/mol. The van der Waals surface area contributed by atoms with Gasteiger partial charge in [0.1, 0.15) is 6.10 Å². The largest absolute Gasteiger partial charge is 0.386 e. The number of aliphatic hydroxyl groups excluding tert-OH is 1. The molecule has 1 heterocycles. The minimum Gasteiger partial charge on any atom is -0.386 e. The fourth-order valence-electron chi connectivity index (χ4n) is 1.54. The molecule has 1 atom stereocenters. The summed E-state index contributed by atoms with van der Waals surface area (Å²) in [5, 5.41) is 15.8. The van der Waals surface area contributed by atoms with E-state index in [4.69, 9.17) is 11.6 Å². The molecule has 0 saturated carbocycles. The molecule has 4 heteroatoms. The van der Waals surface area contributed by atoms with Gasteiger partial charge in [0.05, 0.1) is 0 Å². The van der Waals surface area contributed by atoms with Crippen molar-refractivity contribution in [1.82, 2.24) is 5.32 Å². The summed E-state index contributed by atoms with van der Waals surface area (Å²) < 4.78 is 0. The summed E-state index contributed by atoms with van der Waals surface area (Å²) >= 11 is 7.38. The van der Waals surface area contributed by atoms with E-state index in [2.05, 4.69) is 5.32 Å². The van der Waals surface area contributed by atoms with Gasteiger partial charge in [-0.15, -0.1) is 11.3 Å². The molecule has 2 aromatic rings. The second-order valence-corrected chi connectivity index (χ2v) is 5.20. The lowest BCUT2D eigenvalue weighted by molar-refractivity contribution is 0.178. The van der Waals surface area contributed by atoms with Crippen molar-refractivity contribution < 1.29 is 5.11 Å². The van der Waals surface area contributed by atoms with Crippen molar-refractivity contribution in [1.29, 1.82) is 0 Å². The number of aliphatic hydroxyl groups is 1. The molecule has 0 aliphatic rings. The molecule has 90 valence electrons. The van der Waals surface area contributed by atoms with Crippen LogP contribution in [0.5, 0.6) is 0 Å². The maximum absolute atomic E-state index is 9.86. The monoisotopic (exact) mass is 267 g/mol. The maximum Gasteiger partial charge on any atom is 0.101 e. The van der Waals surface area contributed by atoms with E-state index in [1.165, 1.54) is 0 Å². The van der Waals surface area contributed by atoms with E-state index in [9.17, 15) is 5.11 Å². The molecule has 0 saturated heterocycles. The summed E-state index contributed by atoms with van der Waals surface area (Å²) in [5.41, 5.74) is 1.16. The van der Waals surface area contributed by atoms with Gasteiger partial charge in [-0.25, -0.2) is 0 Å². The summed E-state index contributed by atoms with van der Waals surface area (Å²) in [6.07, 6.45) is -0.428. The quantitative estimate of drug-likeness (QED) is 0.872. The van der Waals surface area contributed by atoms with E-state index in [1.54, 1.807) is 11.3 Å². The lowest BCUT2D eigenvalue weighted by Crippen LogP contribution is -2.20. The van der Waals surface area contributed by atoms with Gasteiger partial charge < -0.3 is 10.4 Å². The molecule has 2 nitrogen and oxygen atoms in total. The van der Waals surface area contributed by atoms with Crippen LogP contribution in [0.25, 0.3) is 0 Å². The molecule has 2 N–H and O–H groups in total. The van der Waals surface area contributed by atoms with Crippen LogP contribution in [0.15, 0.2) is 41.8 Å². The summed E-state index contributed by atoms with van der Waals surface area (Å²) in [7, 11) is 0. The van der Waals surface area contributed by atoms with Crippen LogP contribution in [0, 0.1) is 0 Å². The third-order valence-corrected chi connectivity index (χ3v) is 3.68. The Labute approximate surface area is 110 Å². The first-order valence-electron chi connectivity index (χ1n) is 5.42. The first kappa shape index (κ1) is 12.6. The van der Waals surface area contributed by atoms with Crippen molar-refractivity contribution in [2.45, 2.75) is 12.6 Å². The van der Waals surface area contributed by atoms with Crippen LogP contribution in [0.2, 0.25) is 5.02 Å². The Balaban J connectivity index is 1.78.